The van der Waals surface area contributed by atoms with Gasteiger partial charge in [0.2, 0.25) is 5.91 Å². The summed E-state index contributed by atoms with van der Waals surface area (Å²) in [6.45, 7) is 3.86. The van der Waals surface area contributed by atoms with Crippen LogP contribution in [0.1, 0.15) is 50.5 Å². The molecular formula is C27H25N3O4. The summed E-state index contributed by atoms with van der Waals surface area (Å²) in [6, 6.07) is 21.0. The van der Waals surface area contributed by atoms with Gasteiger partial charge in [-0.15, -0.1) is 0 Å². The van der Waals surface area contributed by atoms with Gasteiger partial charge in [0.25, 0.3) is 17.7 Å². The first-order valence-electron chi connectivity index (χ1n) is 11.1. The fourth-order valence-corrected chi connectivity index (χ4v) is 3.69. The number of amides is 4. The number of nitrogens with zero attached hydrogens (tertiary/aromatic N) is 1. The molecule has 7 nitrogen and oxygen atoms in total. The summed E-state index contributed by atoms with van der Waals surface area (Å²) in [5, 5.41) is 5.57. The number of anilines is 2. The number of carbonyl (C=O) groups excluding carboxylic acids is 4. The van der Waals surface area contributed by atoms with E-state index in [4.69, 9.17) is 0 Å². The second-order valence-corrected chi connectivity index (χ2v) is 8.44. The van der Waals surface area contributed by atoms with Crippen molar-refractivity contribution in [2.45, 2.75) is 20.3 Å². The van der Waals surface area contributed by atoms with Crippen molar-refractivity contribution in [3.05, 3.63) is 95.1 Å². The zero-order valence-corrected chi connectivity index (χ0v) is 19.0. The Bertz CT molecular complexity index is 1270. The van der Waals surface area contributed by atoms with Gasteiger partial charge in [0.05, 0.1) is 11.1 Å². The van der Waals surface area contributed by atoms with Crippen LogP contribution in [0.5, 0.6) is 0 Å². The van der Waals surface area contributed by atoms with Crippen molar-refractivity contribution in [2.75, 3.05) is 17.2 Å². The molecule has 0 atom stereocenters. The highest BCUT2D eigenvalue weighted by molar-refractivity contribution is 6.22. The van der Waals surface area contributed by atoms with Gasteiger partial charge in [0, 0.05) is 29.4 Å². The van der Waals surface area contributed by atoms with Crippen LogP contribution < -0.4 is 10.6 Å². The molecule has 3 aromatic carbocycles. The molecule has 34 heavy (non-hydrogen) atoms. The summed E-state index contributed by atoms with van der Waals surface area (Å²) in [5.41, 5.74) is 2.89. The number of carbonyl (C=O) groups is 4. The molecule has 0 aromatic heterocycles. The summed E-state index contributed by atoms with van der Waals surface area (Å²) >= 11 is 0. The van der Waals surface area contributed by atoms with Crippen LogP contribution in [0.15, 0.2) is 72.8 Å². The zero-order valence-electron chi connectivity index (χ0n) is 19.0. The molecule has 4 rings (SSSR count). The minimum atomic E-state index is -0.418. The molecule has 1 heterocycles. The van der Waals surface area contributed by atoms with Crippen LogP contribution >= 0.6 is 0 Å². The third kappa shape index (κ3) is 4.88. The highest BCUT2D eigenvalue weighted by Gasteiger charge is 2.35. The maximum Gasteiger partial charge on any atom is 0.261 e. The van der Waals surface area contributed by atoms with Crippen molar-refractivity contribution < 1.29 is 19.2 Å². The van der Waals surface area contributed by atoms with Gasteiger partial charge in [-0.3, -0.25) is 24.1 Å². The predicted molar refractivity (Wildman–Crippen MR) is 130 cm³/mol. The Morgan fingerprint density at radius 2 is 1.47 bits per heavy atom. The minimum Gasteiger partial charge on any atom is -0.326 e. The third-order valence-corrected chi connectivity index (χ3v) is 5.61. The van der Waals surface area contributed by atoms with E-state index in [1.54, 1.807) is 38.1 Å². The fraction of sp³-hybridized carbons (Fsp3) is 0.185. The lowest BCUT2D eigenvalue weighted by Gasteiger charge is -2.13. The van der Waals surface area contributed by atoms with E-state index in [1.165, 1.54) is 23.1 Å². The monoisotopic (exact) mass is 455 g/mol. The summed E-state index contributed by atoms with van der Waals surface area (Å²) in [6.07, 6.45) is 0.559. The molecule has 0 fully saturated rings. The molecule has 0 radical (unpaired) electrons. The first kappa shape index (κ1) is 22.9. The number of fused-ring (bicyclic) bond motifs is 1. The molecule has 172 valence electrons. The average Bonchev–Trinajstić information content (AvgIpc) is 3.07. The zero-order chi connectivity index (χ0) is 24.2. The van der Waals surface area contributed by atoms with Crippen molar-refractivity contribution in [2.24, 2.45) is 5.92 Å². The lowest BCUT2D eigenvalue weighted by molar-refractivity contribution is -0.118. The topological polar surface area (TPSA) is 95.6 Å². The second-order valence-electron chi connectivity index (χ2n) is 8.44. The standard InChI is InChI=1S/C27H25N3O4/c1-17(2)24(31)28-20-9-6-10-21(16-20)29-25(32)19-11-12-22-23(15-19)27(34)30(26(22)33)14-13-18-7-4-3-5-8-18/h3-12,15-17H,13-14H2,1-2H3,(H,28,31)(H,29,32). The Labute approximate surface area is 197 Å². The van der Waals surface area contributed by atoms with Crippen LogP contribution in [0.2, 0.25) is 0 Å². The number of nitrogens with one attached hydrogen (secondary N) is 2. The van der Waals surface area contributed by atoms with Crippen LogP contribution in [-0.2, 0) is 11.2 Å². The van der Waals surface area contributed by atoms with E-state index in [2.05, 4.69) is 10.6 Å². The third-order valence-electron chi connectivity index (χ3n) is 5.61. The van der Waals surface area contributed by atoms with E-state index in [-0.39, 0.29) is 35.4 Å². The Morgan fingerprint density at radius 3 is 2.18 bits per heavy atom. The van der Waals surface area contributed by atoms with Gasteiger partial charge in [-0.2, -0.15) is 0 Å². The Morgan fingerprint density at radius 1 is 0.794 bits per heavy atom. The van der Waals surface area contributed by atoms with Crippen LogP contribution in [0, 0.1) is 5.92 Å². The van der Waals surface area contributed by atoms with Crippen molar-refractivity contribution >= 4 is 35.0 Å². The molecule has 3 aromatic rings. The largest absolute Gasteiger partial charge is 0.326 e. The smallest absolute Gasteiger partial charge is 0.261 e. The predicted octanol–water partition coefficient (Wildman–Crippen LogP) is 4.37. The van der Waals surface area contributed by atoms with E-state index < -0.39 is 11.8 Å². The number of rotatable bonds is 7. The highest BCUT2D eigenvalue weighted by atomic mass is 16.2. The Balaban J connectivity index is 1.46. The molecule has 7 heteroatoms. The first-order chi connectivity index (χ1) is 16.3. The van der Waals surface area contributed by atoms with Crippen LogP contribution in [0.4, 0.5) is 11.4 Å². The second kappa shape index (κ2) is 9.70. The molecular weight excluding hydrogens is 430 g/mol. The molecule has 1 aliphatic rings. The number of benzene rings is 3. The molecule has 1 aliphatic heterocycles. The van der Waals surface area contributed by atoms with Crippen LogP contribution in [0.3, 0.4) is 0 Å². The molecule has 0 bridgehead atoms. The van der Waals surface area contributed by atoms with Gasteiger partial charge >= 0.3 is 0 Å². The highest BCUT2D eigenvalue weighted by Crippen LogP contribution is 2.25. The first-order valence-corrected chi connectivity index (χ1v) is 11.1. The van der Waals surface area contributed by atoms with Gasteiger partial charge < -0.3 is 10.6 Å². The summed E-state index contributed by atoms with van der Waals surface area (Å²) < 4.78 is 0. The summed E-state index contributed by atoms with van der Waals surface area (Å²) in [7, 11) is 0. The van der Waals surface area contributed by atoms with E-state index in [0.717, 1.165) is 5.56 Å². The Kier molecular flexibility index (Phi) is 6.54. The van der Waals surface area contributed by atoms with E-state index in [0.29, 0.717) is 23.4 Å². The lowest BCUT2D eigenvalue weighted by atomic mass is 10.1. The molecule has 4 amide bonds. The normalized spacial score (nSPS) is 12.6. The van der Waals surface area contributed by atoms with Gasteiger partial charge in [0.1, 0.15) is 0 Å². The minimum absolute atomic E-state index is 0.123. The quantitative estimate of drug-likeness (QED) is 0.517. The van der Waals surface area contributed by atoms with Crippen LogP contribution in [-0.4, -0.2) is 35.1 Å². The molecule has 0 saturated heterocycles. The van der Waals surface area contributed by atoms with Gasteiger partial charge in [-0.1, -0.05) is 50.2 Å². The van der Waals surface area contributed by atoms with Crippen molar-refractivity contribution in [3.8, 4) is 0 Å². The SMILES string of the molecule is CC(C)C(=O)Nc1cccc(NC(=O)c2ccc3c(c2)C(=O)N(CCc2ccccc2)C3=O)c1. The Hall–Kier alpha value is -4.26. The molecule has 2 N–H and O–H groups in total. The van der Waals surface area contributed by atoms with Crippen molar-refractivity contribution in [3.63, 3.8) is 0 Å². The van der Waals surface area contributed by atoms with Gasteiger partial charge in [-0.25, -0.2) is 0 Å². The molecule has 0 unspecified atom stereocenters. The number of hydrogen-bond acceptors (Lipinski definition) is 4. The average molecular weight is 456 g/mol. The van der Waals surface area contributed by atoms with Gasteiger partial charge in [0.15, 0.2) is 0 Å². The van der Waals surface area contributed by atoms with E-state index >= 15 is 0 Å². The van der Waals surface area contributed by atoms with E-state index in [9.17, 15) is 19.2 Å². The number of imide groups is 1. The number of hydrogen-bond donors (Lipinski definition) is 2. The molecule has 0 spiro atoms. The molecule has 0 aliphatic carbocycles. The maximum absolute atomic E-state index is 12.9. The van der Waals surface area contributed by atoms with E-state index in [1.807, 2.05) is 30.3 Å². The fourth-order valence-electron chi connectivity index (χ4n) is 3.69. The summed E-state index contributed by atoms with van der Waals surface area (Å²) in [5.74, 6) is -1.46. The maximum atomic E-state index is 12.9. The van der Waals surface area contributed by atoms with Crippen LogP contribution in [0.25, 0.3) is 0 Å². The molecule has 0 saturated carbocycles. The van der Waals surface area contributed by atoms with Crippen molar-refractivity contribution in [1.82, 2.24) is 4.90 Å². The lowest BCUT2D eigenvalue weighted by Crippen LogP contribution is -2.31. The summed E-state index contributed by atoms with van der Waals surface area (Å²) in [4.78, 5) is 51.6. The van der Waals surface area contributed by atoms with Crippen molar-refractivity contribution in [1.29, 1.82) is 0 Å². The van der Waals surface area contributed by atoms with Gasteiger partial charge in [-0.05, 0) is 48.4 Å².